The van der Waals surface area contributed by atoms with Crippen molar-refractivity contribution >= 4 is 44.9 Å². The Bertz CT molecular complexity index is 1260. The third-order valence-corrected chi connectivity index (χ3v) is 7.54. The maximum absolute atomic E-state index is 13.0. The molecule has 0 bridgehead atoms. The molecule has 0 amide bonds. The number of halogens is 2. The molecule has 1 heterocycles. The van der Waals surface area contributed by atoms with E-state index in [1.54, 1.807) is 12.1 Å². The second-order valence-electron chi connectivity index (χ2n) is 7.29. The summed E-state index contributed by atoms with van der Waals surface area (Å²) < 4.78 is 27.0. The van der Waals surface area contributed by atoms with Gasteiger partial charge in [0.15, 0.2) is 0 Å². The predicted molar refractivity (Wildman–Crippen MR) is 128 cm³/mol. The van der Waals surface area contributed by atoms with Gasteiger partial charge in [-0.25, -0.2) is 17.7 Å². The molecular weight excluding hydrogens is 467 g/mol. The van der Waals surface area contributed by atoms with Gasteiger partial charge in [-0.15, -0.1) is 0 Å². The third-order valence-electron chi connectivity index (χ3n) is 5.27. The minimum atomic E-state index is -3.94. The first kappa shape index (κ1) is 22.3. The maximum atomic E-state index is 13.0. The standard InChI is InChI=1S/C23H20Cl2N4O2S/c1-28(32(30,31)20-13-11-19(25)12-14-20)23(26)29-15-21(16-5-3-2-4-6-16)22(27-29)17-7-9-18(24)10-8-17/h2-14,21,26H,15H2,1H3. The van der Waals surface area contributed by atoms with Crippen molar-refractivity contribution in [2.75, 3.05) is 13.6 Å². The Kier molecular flexibility index (Phi) is 6.24. The lowest BCUT2D eigenvalue weighted by Crippen LogP contribution is -2.41. The lowest BCUT2D eigenvalue weighted by Gasteiger charge is -2.25. The number of guanidine groups is 1. The third kappa shape index (κ3) is 4.37. The molecule has 1 aliphatic heterocycles. The highest BCUT2D eigenvalue weighted by molar-refractivity contribution is 7.89. The number of sulfonamides is 1. The first-order valence-electron chi connectivity index (χ1n) is 9.77. The van der Waals surface area contributed by atoms with Gasteiger partial charge in [0.25, 0.3) is 10.0 Å². The highest BCUT2D eigenvalue weighted by Crippen LogP contribution is 2.30. The predicted octanol–water partition coefficient (Wildman–Crippen LogP) is 5.05. The molecule has 1 unspecified atom stereocenters. The van der Waals surface area contributed by atoms with Gasteiger partial charge in [-0.2, -0.15) is 5.10 Å². The Morgan fingerprint density at radius 2 is 1.53 bits per heavy atom. The SMILES string of the molecule is CN(C(=N)N1CC(c2ccccc2)C(c2ccc(Cl)cc2)=N1)S(=O)(=O)c1ccc(Cl)cc1. The van der Waals surface area contributed by atoms with E-state index in [1.165, 1.54) is 36.3 Å². The van der Waals surface area contributed by atoms with Crippen molar-refractivity contribution in [3.05, 3.63) is 100 Å². The molecule has 0 aromatic heterocycles. The van der Waals surface area contributed by atoms with Crippen molar-refractivity contribution in [3.8, 4) is 0 Å². The molecule has 0 saturated heterocycles. The summed E-state index contributed by atoms with van der Waals surface area (Å²) in [5.74, 6) is -0.380. The van der Waals surface area contributed by atoms with Gasteiger partial charge in [-0.05, 0) is 47.5 Å². The summed E-state index contributed by atoms with van der Waals surface area (Å²) in [6, 6.07) is 23.0. The van der Waals surface area contributed by atoms with E-state index < -0.39 is 10.0 Å². The van der Waals surface area contributed by atoms with E-state index in [2.05, 4.69) is 5.10 Å². The van der Waals surface area contributed by atoms with Crippen LogP contribution in [0.5, 0.6) is 0 Å². The highest BCUT2D eigenvalue weighted by atomic mass is 35.5. The van der Waals surface area contributed by atoms with Crippen molar-refractivity contribution in [2.24, 2.45) is 5.10 Å². The molecule has 9 heteroatoms. The number of rotatable bonds is 4. The van der Waals surface area contributed by atoms with E-state index in [-0.39, 0.29) is 16.8 Å². The first-order chi connectivity index (χ1) is 15.3. The minimum absolute atomic E-state index is 0.0508. The van der Waals surface area contributed by atoms with E-state index in [0.717, 1.165) is 21.1 Å². The number of benzene rings is 3. The summed E-state index contributed by atoms with van der Waals surface area (Å²) >= 11 is 11.9. The Balaban J connectivity index is 1.67. The van der Waals surface area contributed by atoms with Gasteiger partial charge in [-0.3, -0.25) is 5.41 Å². The minimum Gasteiger partial charge on any atom is -0.267 e. The highest BCUT2D eigenvalue weighted by Gasteiger charge is 2.35. The van der Waals surface area contributed by atoms with Crippen LogP contribution in [0.3, 0.4) is 0 Å². The molecule has 3 aromatic rings. The van der Waals surface area contributed by atoms with Crippen LogP contribution in [-0.4, -0.2) is 43.0 Å². The normalized spacial score (nSPS) is 16.0. The molecule has 1 aliphatic rings. The van der Waals surface area contributed by atoms with Crippen molar-refractivity contribution in [3.63, 3.8) is 0 Å². The van der Waals surface area contributed by atoms with Crippen molar-refractivity contribution < 1.29 is 8.42 Å². The number of nitrogens with zero attached hydrogens (tertiary/aromatic N) is 3. The zero-order chi connectivity index (χ0) is 22.9. The van der Waals surface area contributed by atoms with Crippen LogP contribution in [0.4, 0.5) is 0 Å². The molecule has 6 nitrogen and oxygen atoms in total. The van der Waals surface area contributed by atoms with Crippen molar-refractivity contribution in [2.45, 2.75) is 10.8 Å². The maximum Gasteiger partial charge on any atom is 0.266 e. The molecule has 0 radical (unpaired) electrons. The molecule has 0 aliphatic carbocycles. The van der Waals surface area contributed by atoms with Gasteiger partial charge < -0.3 is 0 Å². The monoisotopic (exact) mass is 486 g/mol. The summed E-state index contributed by atoms with van der Waals surface area (Å²) in [6.45, 7) is 0.335. The summed E-state index contributed by atoms with van der Waals surface area (Å²) in [5.41, 5.74) is 2.64. The van der Waals surface area contributed by atoms with Gasteiger partial charge in [0.05, 0.1) is 17.2 Å². The van der Waals surface area contributed by atoms with Crippen LogP contribution in [0, 0.1) is 5.41 Å². The summed E-state index contributed by atoms with van der Waals surface area (Å²) in [4.78, 5) is 0.0508. The van der Waals surface area contributed by atoms with Gasteiger partial charge in [0, 0.05) is 23.0 Å². The lowest BCUT2D eigenvalue weighted by atomic mass is 9.91. The van der Waals surface area contributed by atoms with E-state index >= 15 is 0 Å². The van der Waals surface area contributed by atoms with E-state index in [9.17, 15) is 8.42 Å². The van der Waals surface area contributed by atoms with Crippen LogP contribution in [0.25, 0.3) is 0 Å². The zero-order valence-electron chi connectivity index (χ0n) is 17.1. The van der Waals surface area contributed by atoms with E-state index in [1.807, 2.05) is 42.5 Å². The molecule has 1 atom stereocenters. The molecule has 0 spiro atoms. The van der Waals surface area contributed by atoms with Crippen molar-refractivity contribution in [1.82, 2.24) is 9.31 Å². The number of nitrogens with one attached hydrogen (secondary N) is 1. The number of hydrogen-bond acceptors (Lipinski definition) is 4. The Morgan fingerprint density at radius 3 is 2.12 bits per heavy atom. The largest absolute Gasteiger partial charge is 0.267 e. The molecule has 0 fully saturated rings. The van der Waals surface area contributed by atoms with Gasteiger partial charge >= 0.3 is 0 Å². The first-order valence-corrected chi connectivity index (χ1v) is 12.0. The van der Waals surface area contributed by atoms with Gasteiger partial charge in [0.1, 0.15) is 0 Å². The molecular formula is C23H20Cl2N4O2S. The smallest absolute Gasteiger partial charge is 0.266 e. The Labute approximate surface area is 197 Å². The fourth-order valence-electron chi connectivity index (χ4n) is 3.50. The van der Waals surface area contributed by atoms with Crippen LogP contribution < -0.4 is 0 Å². The molecule has 0 saturated carbocycles. The molecule has 3 aromatic carbocycles. The van der Waals surface area contributed by atoms with Crippen LogP contribution in [0.1, 0.15) is 17.0 Å². The van der Waals surface area contributed by atoms with E-state index in [0.29, 0.717) is 16.6 Å². The fourth-order valence-corrected chi connectivity index (χ4v) is 4.87. The Hall–Kier alpha value is -2.87. The number of hydrazone groups is 1. The summed E-state index contributed by atoms with van der Waals surface area (Å²) in [7, 11) is -2.59. The van der Waals surface area contributed by atoms with Crippen LogP contribution in [-0.2, 0) is 10.0 Å². The molecule has 4 rings (SSSR count). The summed E-state index contributed by atoms with van der Waals surface area (Å²) in [5, 5.41) is 15.7. The zero-order valence-corrected chi connectivity index (χ0v) is 19.4. The molecule has 164 valence electrons. The van der Waals surface area contributed by atoms with Gasteiger partial charge in [-0.1, -0.05) is 65.7 Å². The lowest BCUT2D eigenvalue weighted by molar-refractivity contribution is 0.421. The Morgan fingerprint density at radius 1 is 0.969 bits per heavy atom. The average molecular weight is 487 g/mol. The average Bonchev–Trinajstić information content (AvgIpc) is 3.25. The number of hydrogen-bond donors (Lipinski definition) is 1. The molecule has 32 heavy (non-hydrogen) atoms. The second kappa shape index (κ2) is 8.94. The molecule has 1 N–H and O–H groups in total. The topological polar surface area (TPSA) is 76.8 Å². The van der Waals surface area contributed by atoms with E-state index in [4.69, 9.17) is 28.6 Å². The summed E-state index contributed by atoms with van der Waals surface area (Å²) in [6.07, 6.45) is 0. The van der Waals surface area contributed by atoms with Crippen LogP contribution >= 0.6 is 23.2 Å². The van der Waals surface area contributed by atoms with Crippen LogP contribution in [0.2, 0.25) is 10.0 Å². The van der Waals surface area contributed by atoms with Crippen molar-refractivity contribution in [1.29, 1.82) is 5.41 Å². The quantitative estimate of drug-likeness (QED) is 0.413. The fraction of sp³-hybridized carbons (Fsp3) is 0.130. The van der Waals surface area contributed by atoms with Gasteiger partial charge in [0.2, 0.25) is 5.96 Å². The second-order valence-corrected chi connectivity index (χ2v) is 10.1. The van der Waals surface area contributed by atoms with Crippen LogP contribution in [0.15, 0.2) is 88.9 Å².